The number of para-hydroxylation sites is 1. The van der Waals surface area contributed by atoms with Gasteiger partial charge in [0.2, 0.25) is 10.0 Å². The summed E-state index contributed by atoms with van der Waals surface area (Å²) in [5.74, 6) is -0.626. The molecule has 1 heterocycles. The first-order valence-electron chi connectivity index (χ1n) is 8.75. The van der Waals surface area contributed by atoms with Crippen LogP contribution in [-0.2, 0) is 10.0 Å². The molecule has 1 saturated heterocycles. The Bertz CT molecular complexity index is 843. The number of nitrogens with one attached hydrogen (secondary N) is 1. The molecule has 2 aromatic carbocycles. The van der Waals surface area contributed by atoms with E-state index >= 15 is 0 Å². The van der Waals surface area contributed by atoms with Gasteiger partial charge in [0.15, 0.2) is 11.6 Å². The standard InChI is InChI=1S/C19H23FN2O3S/c1-2-25-19-11-10-17(13-18(19)20)26(23,24)21-14-16-9-6-12-22(16)15-7-4-3-5-8-15/h3-5,7-8,10-11,13,16,21H,2,6,9,12,14H2,1H3. The van der Waals surface area contributed by atoms with E-state index in [1.807, 2.05) is 30.3 Å². The summed E-state index contributed by atoms with van der Waals surface area (Å²) in [6, 6.07) is 13.7. The minimum atomic E-state index is -3.78. The zero-order valence-corrected chi connectivity index (χ0v) is 15.5. The minimum Gasteiger partial charge on any atom is -0.491 e. The van der Waals surface area contributed by atoms with Gasteiger partial charge in [0.25, 0.3) is 0 Å². The van der Waals surface area contributed by atoms with Crippen molar-refractivity contribution < 1.29 is 17.5 Å². The largest absolute Gasteiger partial charge is 0.491 e. The molecule has 1 atom stereocenters. The normalized spacial score (nSPS) is 17.5. The molecule has 0 amide bonds. The second-order valence-electron chi connectivity index (χ2n) is 6.20. The summed E-state index contributed by atoms with van der Waals surface area (Å²) < 4.78 is 46.7. The number of hydrogen-bond acceptors (Lipinski definition) is 4. The maximum Gasteiger partial charge on any atom is 0.240 e. The van der Waals surface area contributed by atoms with Gasteiger partial charge in [0, 0.05) is 24.8 Å². The van der Waals surface area contributed by atoms with Crippen LogP contribution in [0.25, 0.3) is 0 Å². The number of anilines is 1. The minimum absolute atomic E-state index is 0.0532. The maximum absolute atomic E-state index is 14.0. The van der Waals surface area contributed by atoms with E-state index in [0.29, 0.717) is 6.61 Å². The Morgan fingerprint density at radius 2 is 2.00 bits per heavy atom. The molecular formula is C19H23FN2O3S. The van der Waals surface area contributed by atoms with E-state index in [1.165, 1.54) is 12.1 Å². The van der Waals surface area contributed by atoms with Gasteiger partial charge in [-0.25, -0.2) is 17.5 Å². The Balaban J connectivity index is 1.69. The fraction of sp³-hybridized carbons (Fsp3) is 0.368. The SMILES string of the molecule is CCOc1ccc(S(=O)(=O)NCC2CCCN2c2ccccc2)cc1F. The summed E-state index contributed by atoms with van der Waals surface area (Å²) in [5.41, 5.74) is 1.08. The predicted octanol–water partition coefficient (Wildman–Crippen LogP) is 3.17. The van der Waals surface area contributed by atoms with Gasteiger partial charge in [-0.1, -0.05) is 18.2 Å². The summed E-state index contributed by atoms with van der Waals surface area (Å²) >= 11 is 0. The third-order valence-electron chi connectivity index (χ3n) is 4.49. The highest BCUT2D eigenvalue weighted by Crippen LogP contribution is 2.25. The van der Waals surface area contributed by atoms with Crippen LogP contribution in [0.4, 0.5) is 10.1 Å². The van der Waals surface area contributed by atoms with Gasteiger partial charge in [-0.3, -0.25) is 0 Å². The highest BCUT2D eigenvalue weighted by Gasteiger charge is 2.26. The molecule has 3 rings (SSSR count). The van der Waals surface area contributed by atoms with Gasteiger partial charge in [0.05, 0.1) is 11.5 Å². The Morgan fingerprint density at radius 1 is 1.23 bits per heavy atom. The molecule has 1 unspecified atom stereocenters. The molecule has 2 aromatic rings. The number of sulfonamides is 1. The molecule has 0 saturated carbocycles. The average molecular weight is 378 g/mol. The van der Waals surface area contributed by atoms with Crippen LogP contribution in [0.15, 0.2) is 53.4 Å². The van der Waals surface area contributed by atoms with E-state index in [2.05, 4.69) is 9.62 Å². The van der Waals surface area contributed by atoms with Crippen molar-refractivity contribution in [3.05, 3.63) is 54.3 Å². The summed E-state index contributed by atoms with van der Waals surface area (Å²) in [6.07, 6.45) is 1.92. The predicted molar refractivity (Wildman–Crippen MR) is 99.6 cm³/mol. The van der Waals surface area contributed by atoms with E-state index in [4.69, 9.17) is 4.74 Å². The maximum atomic E-state index is 14.0. The number of rotatable bonds is 7. The van der Waals surface area contributed by atoms with Crippen molar-refractivity contribution in [1.29, 1.82) is 0 Å². The van der Waals surface area contributed by atoms with Crippen LogP contribution in [0, 0.1) is 5.82 Å². The molecule has 26 heavy (non-hydrogen) atoms. The number of nitrogens with zero attached hydrogens (tertiary/aromatic N) is 1. The average Bonchev–Trinajstić information content (AvgIpc) is 3.11. The van der Waals surface area contributed by atoms with E-state index in [0.717, 1.165) is 31.1 Å². The van der Waals surface area contributed by atoms with Crippen LogP contribution >= 0.6 is 0 Å². The molecule has 1 N–H and O–H groups in total. The number of hydrogen-bond donors (Lipinski definition) is 1. The summed E-state index contributed by atoms with van der Waals surface area (Å²) in [5, 5.41) is 0. The lowest BCUT2D eigenvalue weighted by Crippen LogP contribution is -2.40. The lowest BCUT2D eigenvalue weighted by Gasteiger charge is -2.27. The highest BCUT2D eigenvalue weighted by molar-refractivity contribution is 7.89. The fourth-order valence-corrected chi connectivity index (χ4v) is 4.30. The van der Waals surface area contributed by atoms with Gasteiger partial charge < -0.3 is 9.64 Å². The van der Waals surface area contributed by atoms with Crippen molar-refractivity contribution >= 4 is 15.7 Å². The van der Waals surface area contributed by atoms with Gasteiger partial charge in [-0.15, -0.1) is 0 Å². The molecule has 0 bridgehead atoms. The van der Waals surface area contributed by atoms with Crippen molar-refractivity contribution in [2.45, 2.75) is 30.7 Å². The smallest absolute Gasteiger partial charge is 0.240 e. The van der Waals surface area contributed by atoms with Gasteiger partial charge >= 0.3 is 0 Å². The number of ether oxygens (including phenoxy) is 1. The molecule has 0 spiro atoms. The lowest BCUT2D eigenvalue weighted by molar-refractivity contribution is 0.321. The fourth-order valence-electron chi connectivity index (χ4n) is 3.22. The molecule has 140 valence electrons. The number of benzene rings is 2. The first-order chi connectivity index (χ1) is 12.5. The Kier molecular flexibility index (Phi) is 5.78. The lowest BCUT2D eigenvalue weighted by atomic mass is 10.2. The van der Waals surface area contributed by atoms with Crippen LogP contribution in [0.3, 0.4) is 0 Å². The number of halogens is 1. The third kappa shape index (κ3) is 4.16. The van der Waals surface area contributed by atoms with Crippen molar-refractivity contribution in [2.75, 3.05) is 24.6 Å². The van der Waals surface area contributed by atoms with E-state index in [1.54, 1.807) is 6.92 Å². The van der Waals surface area contributed by atoms with E-state index in [9.17, 15) is 12.8 Å². The summed E-state index contributed by atoms with van der Waals surface area (Å²) in [4.78, 5) is 2.11. The quantitative estimate of drug-likeness (QED) is 0.804. The molecule has 5 nitrogen and oxygen atoms in total. The molecular weight excluding hydrogens is 355 g/mol. The van der Waals surface area contributed by atoms with Crippen LogP contribution in [0.2, 0.25) is 0 Å². The van der Waals surface area contributed by atoms with Gasteiger partial charge in [-0.05, 0) is 50.1 Å². The molecule has 0 aromatic heterocycles. The molecule has 1 aliphatic rings. The van der Waals surface area contributed by atoms with Crippen LogP contribution in [0.5, 0.6) is 5.75 Å². The Morgan fingerprint density at radius 3 is 2.69 bits per heavy atom. The first-order valence-corrected chi connectivity index (χ1v) is 10.2. The van der Waals surface area contributed by atoms with E-state index < -0.39 is 15.8 Å². The van der Waals surface area contributed by atoms with Crippen molar-refractivity contribution in [2.24, 2.45) is 0 Å². The zero-order valence-electron chi connectivity index (χ0n) is 14.7. The van der Waals surface area contributed by atoms with Crippen LogP contribution < -0.4 is 14.4 Å². The second kappa shape index (κ2) is 8.05. The van der Waals surface area contributed by atoms with Crippen LogP contribution in [0.1, 0.15) is 19.8 Å². The summed E-state index contributed by atoms with van der Waals surface area (Å²) in [6.45, 7) is 3.24. The second-order valence-corrected chi connectivity index (χ2v) is 7.97. The molecule has 0 aliphatic carbocycles. The molecule has 1 aliphatic heterocycles. The summed E-state index contributed by atoms with van der Waals surface area (Å²) in [7, 11) is -3.78. The van der Waals surface area contributed by atoms with E-state index in [-0.39, 0.29) is 23.2 Å². The molecule has 7 heteroatoms. The Labute approximate surface area is 153 Å². The zero-order chi connectivity index (χ0) is 18.6. The monoisotopic (exact) mass is 378 g/mol. The third-order valence-corrected chi connectivity index (χ3v) is 5.91. The van der Waals surface area contributed by atoms with Gasteiger partial charge in [0.1, 0.15) is 0 Å². The highest BCUT2D eigenvalue weighted by atomic mass is 32.2. The topological polar surface area (TPSA) is 58.6 Å². The van der Waals surface area contributed by atoms with Crippen LogP contribution in [-0.4, -0.2) is 34.2 Å². The van der Waals surface area contributed by atoms with Gasteiger partial charge in [-0.2, -0.15) is 0 Å². The Hall–Kier alpha value is -2.12. The first kappa shape index (κ1) is 18.7. The van der Waals surface area contributed by atoms with Crippen molar-refractivity contribution in [3.8, 4) is 5.75 Å². The van der Waals surface area contributed by atoms with Crippen molar-refractivity contribution in [1.82, 2.24) is 4.72 Å². The molecule has 1 fully saturated rings. The van der Waals surface area contributed by atoms with Crippen molar-refractivity contribution in [3.63, 3.8) is 0 Å². The molecule has 0 radical (unpaired) electrons.